The van der Waals surface area contributed by atoms with Crippen LogP contribution < -0.4 is 0 Å². The fourth-order valence-electron chi connectivity index (χ4n) is 1.10. The lowest BCUT2D eigenvalue weighted by molar-refractivity contribution is -0.386. The molecule has 0 heterocycles. The van der Waals surface area contributed by atoms with E-state index < -0.39 is 10.5 Å². The van der Waals surface area contributed by atoms with Crippen molar-refractivity contribution in [2.75, 3.05) is 0 Å². The number of aliphatic hydroxyl groups is 1. The Labute approximate surface area is 80.4 Å². The molecule has 5 heteroatoms. The van der Waals surface area contributed by atoms with Gasteiger partial charge in [0.05, 0.1) is 10.5 Å². The molecule has 0 aromatic heterocycles. The van der Waals surface area contributed by atoms with Gasteiger partial charge < -0.3 is 5.11 Å². The zero-order chi connectivity index (χ0) is 10.8. The normalized spacial score (nSPS) is 14.1. The number of nitrogens with zero attached hydrogens (tertiary/aromatic N) is 2. The first kappa shape index (κ1) is 10.2. The number of hydrogen-bond donors (Lipinski definition) is 1. The van der Waals surface area contributed by atoms with Crippen molar-refractivity contribution in [2.24, 2.45) is 0 Å². The summed E-state index contributed by atoms with van der Waals surface area (Å²) in [7, 11) is 0. The summed E-state index contributed by atoms with van der Waals surface area (Å²) in [5.74, 6) is 0. The molecule has 0 radical (unpaired) electrons. The SMILES string of the molecule is C[C@@](O)(C#N)c1ccccc1[N+](=O)[O-]. The lowest BCUT2D eigenvalue weighted by Crippen LogP contribution is -2.19. The van der Waals surface area contributed by atoms with Crippen LogP contribution >= 0.6 is 0 Å². The fraction of sp³-hybridized carbons (Fsp3) is 0.222. The molecule has 1 atom stereocenters. The zero-order valence-corrected chi connectivity index (χ0v) is 7.47. The Kier molecular flexibility index (Phi) is 2.49. The van der Waals surface area contributed by atoms with Crippen molar-refractivity contribution >= 4 is 5.69 Å². The number of rotatable bonds is 2. The van der Waals surface area contributed by atoms with E-state index in [1.54, 1.807) is 6.07 Å². The number of para-hydroxylation sites is 1. The van der Waals surface area contributed by atoms with Gasteiger partial charge in [-0.25, -0.2) is 0 Å². The second-order valence-corrected chi connectivity index (χ2v) is 2.96. The number of nitro groups is 1. The van der Waals surface area contributed by atoms with Crippen molar-refractivity contribution in [3.05, 3.63) is 39.9 Å². The molecular formula is C9H8N2O3. The summed E-state index contributed by atoms with van der Waals surface area (Å²) in [4.78, 5) is 9.95. The van der Waals surface area contributed by atoms with E-state index in [0.717, 1.165) is 0 Å². The minimum Gasteiger partial charge on any atom is -0.371 e. The van der Waals surface area contributed by atoms with Gasteiger partial charge in [0.15, 0.2) is 5.60 Å². The van der Waals surface area contributed by atoms with Gasteiger partial charge >= 0.3 is 0 Å². The highest BCUT2D eigenvalue weighted by Gasteiger charge is 2.30. The lowest BCUT2D eigenvalue weighted by atomic mass is 9.96. The molecule has 0 unspecified atom stereocenters. The van der Waals surface area contributed by atoms with Crippen LogP contribution in [0.1, 0.15) is 12.5 Å². The first-order chi connectivity index (χ1) is 6.49. The molecule has 1 aromatic carbocycles. The van der Waals surface area contributed by atoms with Crippen molar-refractivity contribution in [3.8, 4) is 6.07 Å². The number of hydrogen-bond acceptors (Lipinski definition) is 4. The van der Waals surface area contributed by atoms with E-state index in [0.29, 0.717) is 0 Å². The highest BCUT2D eigenvalue weighted by Crippen LogP contribution is 2.28. The average molecular weight is 192 g/mol. The largest absolute Gasteiger partial charge is 0.371 e. The molecule has 0 saturated carbocycles. The Morgan fingerprint density at radius 3 is 2.64 bits per heavy atom. The number of nitro benzene ring substituents is 1. The molecule has 72 valence electrons. The summed E-state index contributed by atoms with van der Waals surface area (Å²) in [5.41, 5.74) is -2.07. The van der Waals surface area contributed by atoms with Gasteiger partial charge in [0.2, 0.25) is 0 Å². The van der Waals surface area contributed by atoms with E-state index in [1.807, 2.05) is 0 Å². The highest BCUT2D eigenvalue weighted by atomic mass is 16.6. The predicted molar refractivity (Wildman–Crippen MR) is 48.3 cm³/mol. The third-order valence-electron chi connectivity index (χ3n) is 1.84. The van der Waals surface area contributed by atoms with E-state index in [9.17, 15) is 15.2 Å². The molecule has 14 heavy (non-hydrogen) atoms. The van der Waals surface area contributed by atoms with Crippen molar-refractivity contribution in [1.82, 2.24) is 0 Å². The fourth-order valence-corrected chi connectivity index (χ4v) is 1.10. The summed E-state index contributed by atoms with van der Waals surface area (Å²) < 4.78 is 0. The zero-order valence-electron chi connectivity index (χ0n) is 7.47. The summed E-state index contributed by atoms with van der Waals surface area (Å²) >= 11 is 0. The van der Waals surface area contributed by atoms with E-state index in [2.05, 4.69) is 0 Å². The van der Waals surface area contributed by atoms with Crippen LogP contribution in [0.15, 0.2) is 24.3 Å². The lowest BCUT2D eigenvalue weighted by Gasteiger charge is -2.13. The standard InChI is InChI=1S/C9H8N2O3/c1-9(12,6-10)7-4-2-3-5-8(7)11(13)14/h2-5,12H,1H3/t9-/m1/s1. The van der Waals surface area contributed by atoms with Crippen LogP contribution in [-0.4, -0.2) is 10.0 Å². The van der Waals surface area contributed by atoms with Crippen molar-refractivity contribution in [3.63, 3.8) is 0 Å². The molecule has 0 aliphatic heterocycles. The Hall–Kier alpha value is -1.93. The van der Waals surface area contributed by atoms with Crippen LogP contribution in [0.25, 0.3) is 0 Å². The van der Waals surface area contributed by atoms with Crippen molar-refractivity contribution < 1.29 is 10.0 Å². The van der Waals surface area contributed by atoms with Crippen LogP contribution in [0.2, 0.25) is 0 Å². The van der Waals surface area contributed by atoms with Gasteiger partial charge in [0.25, 0.3) is 5.69 Å². The van der Waals surface area contributed by atoms with Gasteiger partial charge in [-0.15, -0.1) is 0 Å². The Morgan fingerprint density at radius 2 is 2.14 bits per heavy atom. The molecule has 0 saturated heterocycles. The smallest absolute Gasteiger partial charge is 0.276 e. The first-order valence-corrected chi connectivity index (χ1v) is 3.86. The van der Waals surface area contributed by atoms with Gasteiger partial charge in [0.1, 0.15) is 6.07 Å². The maximum atomic E-state index is 10.6. The van der Waals surface area contributed by atoms with Crippen LogP contribution in [0.4, 0.5) is 5.69 Å². The molecule has 0 aliphatic carbocycles. The molecular weight excluding hydrogens is 184 g/mol. The number of nitriles is 1. The van der Waals surface area contributed by atoms with Crippen LogP contribution in [0, 0.1) is 21.4 Å². The van der Waals surface area contributed by atoms with Crippen molar-refractivity contribution in [2.45, 2.75) is 12.5 Å². The molecule has 0 aliphatic rings. The van der Waals surface area contributed by atoms with Crippen LogP contribution in [0.5, 0.6) is 0 Å². The molecule has 1 rings (SSSR count). The topological polar surface area (TPSA) is 87.2 Å². The molecule has 5 nitrogen and oxygen atoms in total. The molecule has 0 bridgehead atoms. The summed E-state index contributed by atoms with van der Waals surface area (Å²) in [5, 5.41) is 28.8. The van der Waals surface area contributed by atoms with Gasteiger partial charge in [0, 0.05) is 6.07 Å². The maximum Gasteiger partial charge on any atom is 0.276 e. The molecule has 0 spiro atoms. The Morgan fingerprint density at radius 1 is 1.57 bits per heavy atom. The average Bonchev–Trinajstić information content (AvgIpc) is 2.18. The second-order valence-electron chi connectivity index (χ2n) is 2.96. The monoisotopic (exact) mass is 192 g/mol. The van der Waals surface area contributed by atoms with Gasteiger partial charge in [-0.3, -0.25) is 10.1 Å². The molecule has 0 fully saturated rings. The van der Waals surface area contributed by atoms with Crippen LogP contribution in [-0.2, 0) is 5.60 Å². The second kappa shape index (κ2) is 3.44. The quantitative estimate of drug-likeness (QED) is 0.435. The first-order valence-electron chi connectivity index (χ1n) is 3.86. The molecule has 0 amide bonds. The Balaban J connectivity index is 3.36. The van der Waals surface area contributed by atoms with E-state index in [-0.39, 0.29) is 11.3 Å². The third-order valence-corrected chi connectivity index (χ3v) is 1.84. The summed E-state index contributed by atoms with van der Waals surface area (Å²) in [6.45, 7) is 1.22. The number of benzene rings is 1. The molecule has 1 N–H and O–H groups in total. The van der Waals surface area contributed by atoms with Crippen molar-refractivity contribution in [1.29, 1.82) is 5.26 Å². The van der Waals surface area contributed by atoms with E-state index in [1.165, 1.54) is 31.2 Å². The van der Waals surface area contributed by atoms with E-state index in [4.69, 9.17) is 5.26 Å². The van der Waals surface area contributed by atoms with Gasteiger partial charge in [-0.05, 0) is 13.0 Å². The van der Waals surface area contributed by atoms with Gasteiger partial charge in [-0.2, -0.15) is 5.26 Å². The summed E-state index contributed by atoms with van der Waals surface area (Å²) in [6.07, 6.45) is 0. The predicted octanol–water partition coefficient (Wildman–Crippen LogP) is 1.33. The minimum absolute atomic E-state index is 0.00694. The third kappa shape index (κ3) is 1.70. The summed E-state index contributed by atoms with van der Waals surface area (Å²) in [6, 6.07) is 7.23. The van der Waals surface area contributed by atoms with E-state index >= 15 is 0 Å². The molecule has 1 aromatic rings. The van der Waals surface area contributed by atoms with Gasteiger partial charge in [-0.1, -0.05) is 12.1 Å². The van der Waals surface area contributed by atoms with Crippen LogP contribution in [0.3, 0.4) is 0 Å². The minimum atomic E-state index is -1.83. The highest BCUT2D eigenvalue weighted by molar-refractivity contribution is 5.45. The Bertz CT molecular complexity index is 407. The maximum absolute atomic E-state index is 10.6.